The molecule has 2 aromatic heterocycles. The number of nitrogens with zero attached hydrogens (tertiary/aromatic N) is 3. The highest BCUT2D eigenvalue weighted by molar-refractivity contribution is 9.10. The average Bonchev–Trinajstić information content (AvgIpc) is 3.22. The lowest BCUT2D eigenvalue weighted by atomic mass is 10.0. The van der Waals surface area contributed by atoms with Crippen molar-refractivity contribution in [2.75, 3.05) is 5.32 Å². The van der Waals surface area contributed by atoms with Gasteiger partial charge in [-0.3, -0.25) is 4.79 Å². The van der Waals surface area contributed by atoms with Crippen LogP contribution in [0.3, 0.4) is 0 Å². The minimum absolute atomic E-state index is 0.0294. The third-order valence-electron chi connectivity index (χ3n) is 4.59. The van der Waals surface area contributed by atoms with Crippen LogP contribution in [0.1, 0.15) is 46.6 Å². The van der Waals surface area contributed by atoms with Crippen LogP contribution in [0.15, 0.2) is 65.4 Å². The molecule has 0 radical (unpaired) electrons. The van der Waals surface area contributed by atoms with Crippen LogP contribution >= 0.6 is 15.9 Å². The van der Waals surface area contributed by atoms with Crippen molar-refractivity contribution >= 4 is 33.2 Å². The second-order valence-corrected chi connectivity index (χ2v) is 7.81. The number of fused-ring (bicyclic) bond motifs is 1. The predicted octanol–water partition coefficient (Wildman–Crippen LogP) is 6.50. The van der Waals surface area contributed by atoms with E-state index >= 15 is 0 Å². The zero-order valence-corrected chi connectivity index (χ0v) is 20.1. The molecule has 174 valence electrons. The van der Waals surface area contributed by atoms with Gasteiger partial charge in [-0.05, 0) is 60.9 Å². The largest absolute Gasteiger partial charge is 0.416 e. The number of carbonyl (C=O) groups excluding carboxylic acids is 1. The van der Waals surface area contributed by atoms with E-state index in [9.17, 15) is 18.0 Å². The zero-order valence-electron chi connectivity index (χ0n) is 18.5. The summed E-state index contributed by atoms with van der Waals surface area (Å²) in [6, 6.07) is 11.7. The van der Waals surface area contributed by atoms with Crippen LogP contribution in [-0.2, 0) is 6.18 Å². The number of nitrogens with one attached hydrogen (secondary N) is 1. The molecule has 1 amide bonds. The van der Waals surface area contributed by atoms with Crippen LogP contribution in [0.25, 0.3) is 5.65 Å². The van der Waals surface area contributed by atoms with E-state index in [1.807, 2.05) is 20.8 Å². The lowest BCUT2D eigenvalue weighted by Gasteiger charge is -2.11. The monoisotopic (exact) mass is 528 g/mol. The number of carbonyl (C=O) groups is 1. The van der Waals surface area contributed by atoms with E-state index in [0.717, 1.165) is 17.7 Å². The SMILES string of the molecule is CC.Cc1ccc(C(=O)Nc2cc(Br)cc(C(F)(F)F)c2)cc1C#Cc1cnc2cccnn12. The molecule has 0 spiro atoms. The lowest BCUT2D eigenvalue weighted by Crippen LogP contribution is -2.13. The summed E-state index contributed by atoms with van der Waals surface area (Å²) in [5, 5.41) is 6.71. The number of alkyl halides is 3. The normalized spacial score (nSPS) is 10.7. The molecule has 0 aliphatic rings. The molecule has 4 rings (SSSR count). The molecule has 1 N–H and O–H groups in total. The first kappa shape index (κ1) is 25.0. The summed E-state index contributed by atoms with van der Waals surface area (Å²) >= 11 is 3.05. The minimum Gasteiger partial charge on any atom is -0.322 e. The van der Waals surface area contributed by atoms with Crippen molar-refractivity contribution in [1.29, 1.82) is 0 Å². The van der Waals surface area contributed by atoms with Crippen molar-refractivity contribution in [3.8, 4) is 11.8 Å². The number of aromatic nitrogens is 3. The third kappa shape index (κ3) is 5.83. The molecule has 5 nitrogen and oxygen atoms in total. The Labute approximate surface area is 203 Å². The van der Waals surface area contributed by atoms with Crippen molar-refractivity contribution in [1.82, 2.24) is 14.6 Å². The van der Waals surface area contributed by atoms with Crippen molar-refractivity contribution < 1.29 is 18.0 Å². The van der Waals surface area contributed by atoms with E-state index in [1.165, 1.54) is 6.07 Å². The molecule has 0 saturated carbocycles. The smallest absolute Gasteiger partial charge is 0.322 e. The van der Waals surface area contributed by atoms with Crippen LogP contribution in [0.5, 0.6) is 0 Å². The fraction of sp³-hybridized carbons (Fsp3) is 0.160. The second-order valence-electron chi connectivity index (χ2n) is 6.90. The maximum atomic E-state index is 13.0. The summed E-state index contributed by atoms with van der Waals surface area (Å²) in [4.78, 5) is 16.9. The molecule has 0 bridgehead atoms. The van der Waals surface area contributed by atoms with E-state index in [-0.39, 0.29) is 15.7 Å². The Bertz CT molecular complexity index is 1400. The molecular weight excluding hydrogens is 509 g/mol. The predicted molar refractivity (Wildman–Crippen MR) is 129 cm³/mol. The van der Waals surface area contributed by atoms with Gasteiger partial charge >= 0.3 is 6.18 Å². The van der Waals surface area contributed by atoms with E-state index in [0.29, 0.717) is 16.9 Å². The van der Waals surface area contributed by atoms with Crippen molar-refractivity contribution in [2.24, 2.45) is 0 Å². The highest BCUT2D eigenvalue weighted by Crippen LogP contribution is 2.33. The second kappa shape index (κ2) is 10.5. The maximum Gasteiger partial charge on any atom is 0.416 e. The first-order valence-electron chi connectivity index (χ1n) is 10.3. The van der Waals surface area contributed by atoms with Gasteiger partial charge in [0.25, 0.3) is 5.91 Å². The Morgan fingerprint density at radius 3 is 2.59 bits per heavy atom. The van der Waals surface area contributed by atoms with Gasteiger partial charge in [0.05, 0.1) is 11.8 Å². The number of benzene rings is 2. The number of amides is 1. The highest BCUT2D eigenvalue weighted by Gasteiger charge is 2.31. The Kier molecular flexibility index (Phi) is 7.74. The minimum atomic E-state index is -4.53. The van der Waals surface area contributed by atoms with Gasteiger partial charge in [-0.15, -0.1) is 0 Å². The fourth-order valence-electron chi connectivity index (χ4n) is 2.97. The van der Waals surface area contributed by atoms with Crippen LogP contribution in [0, 0.1) is 18.8 Å². The molecule has 2 aromatic carbocycles. The summed E-state index contributed by atoms with van der Waals surface area (Å²) < 4.78 is 40.9. The number of anilines is 1. The van der Waals surface area contributed by atoms with Crippen molar-refractivity contribution in [2.45, 2.75) is 26.9 Å². The van der Waals surface area contributed by atoms with Gasteiger partial charge in [0.1, 0.15) is 5.69 Å². The van der Waals surface area contributed by atoms with Gasteiger partial charge in [0.15, 0.2) is 5.65 Å². The third-order valence-corrected chi connectivity index (χ3v) is 5.04. The van der Waals surface area contributed by atoms with Gasteiger partial charge in [-0.2, -0.15) is 18.3 Å². The van der Waals surface area contributed by atoms with Crippen LogP contribution in [-0.4, -0.2) is 20.5 Å². The molecule has 9 heteroatoms. The molecule has 0 aliphatic carbocycles. The summed E-state index contributed by atoms with van der Waals surface area (Å²) in [7, 11) is 0. The first-order chi connectivity index (χ1) is 16.2. The topological polar surface area (TPSA) is 59.3 Å². The van der Waals surface area contributed by atoms with E-state index in [4.69, 9.17) is 0 Å². The zero-order chi connectivity index (χ0) is 24.9. The quantitative estimate of drug-likeness (QED) is 0.302. The number of hydrogen-bond acceptors (Lipinski definition) is 3. The van der Waals surface area contributed by atoms with Gasteiger partial charge in [-0.25, -0.2) is 9.50 Å². The van der Waals surface area contributed by atoms with E-state index in [2.05, 4.69) is 43.2 Å². The summed E-state index contributed by atoms with van der Waals surface area (Å²) in [5.41, 5.74) is 2.13. The Balaban J connectivity index is 0.00000158. The van der Waals surface area contributed by atoms with Crippen LogP contribution < -0.4 is 5.32 Å². The average molecular weight is 529 g/mol. The Hall–Kier alpha value is -3.64. The van der Waals surface area contributed by atoms with Gasteiger partial charge in [-0.1, -0.05) is 41.8 Å². The molecular formula is C25H20BrF3N4O. The standard InChI is InChI=1S/C23H14BrF3N4O.C2H6/c1-14-4-5-16(22(32)30-19-11-17(23(25,26)27)10-18(24)12-19)9-15(14)6-7-20-13-28-21-3-2-8-29-31(20)21;1-2/h2-5,8-13H,1H3,(H,30,32);1-2H3. The maximum absolute atomic E-state index is 13.0. The number of hydrogen-bond donors (Lipinski definition) is 1. The summed E-state index contributed by atoms with van der Waals surface area (Å²) in [6.45, 7) is 5.85. The number of halogens is 4. The fourth-order valence-corrected chi connectivity index (χ4v) is 3.47. The van der Waals surface area contributed by atoms with Crippen molar-refractivity contribution in [3.05, 3.63) is 93.3 Å². The molecule has 0 unspecified atom stereocenters. The van der Waals surface area contributed by atoms with Crippen LogP contribution in [0.2, 0.25) is 0 Å². The number of imidazole rings is 1. The molecule has 0 atom stereocenters. The molecule has 0 fully saturated rings. The molecule has 0 saturated heterocycles. The highest BCUT2D eigenvalue weighted by atomic mass is 79.9. The van der Waals surface area contributed by atoms with Crippen molar-refractivity contribution in [3.63, 3.8) is 0 Å². The summed E-state index contributed by atoms with van der Waals surface area (Å²) in [5.74, 6) is 5.47. The molecule has 0 aliphatic heterocycles. The van der Waals surface area contributed by atoms with E-state index < -0.39 is 17.6 Å². The van der Waals surface area contributed by atoms with Gasteiger partial charge in [0.2, 0.25) is 0 Å². The number of aryl methyl sites for hydroxylation is 1. The van der Waals surface area contributed by atoms with Crippen LogP contribution in [0.4, 0.5) is 18.9 Å². The summed E-state index contributed by atoms with van der Waals surface area (Å²) in [6.07, 6.45) is -1.29. The Morgan fingerprint density at radius 2 is 1.85 bits per heavy atom. The molecule has 2 heterocycles. The first-order valence-corrected chi connectivity index (χ1v) is 11.1. The van der Waals surface area contributed by atoms with Gasteiger partial charge in [0, 0.05) is 27.5 Å². The lowest BCUT2D eigenvalue weighted by molar-refractivity contribution is -0.137. The number of rotatable bonds is 2. The molecule has 4 aromatic rings. The van der Waals surface area contributed by atoms with Gasteiger partial charge < -0.3 is 5.32 Å². The Morgan fingerprint density at radius 1 is 1.09 bits per heavy atom. The molecule has 34 heavy (non-hydrogen) atoms. The van der Waals surface area contributed by atoms with E-state index in [1.54, 1.807) is 47.2 Å².